The van der Waals surface area contributed by atoms with Gasteiger partial charge in [-0.15, -0.1) is 0 Å². The van der Waals surface area contributed by atoms with Crippen molar-refractivity contribution in [3.63, 3.8) is 0 Å². The Labute approximate surface area is 159 Å². The first-order valence-corrected chi connectivity index (χ1v) is 8.51. The molecule has 1 heterocycles. The second-order valence-corrected chi connectivity index (χ2v) is 5.94. The maximum Gasteiger partial charge on any atom is 0.416 e. The highest BCUT2D eigenvalue weighted by atomic mass is 19.4. The van der Waals surface area contributed by atoms with Crippen LogP contribution in [-0.2, 0) is 12.6 Å². The molecule has 0 aliphatic rings. The maximum absolute atomic E-state index is 12.8. The zero-order valence-electron chi connectivity index (χ0n) is 14.7. The molecule has 7 heteroatoms. The SMILES string of the molecule is ON=C(c1ccccn1)c1ccccc1CCOc1cccc(C(F)(F)F)c1. The molecule has 0 amide bonds. The summed E-state index contributed by atoms with van der Waals surface area (Å²) < 4.78 is 43.9. The van der Waals surface area contributed by atoms with Crippen LogP contribution in [0.5, 0.6) is 5.75 Å². The summed E-state index contributed by atoms with van der Waals surface area (Å²) in [6, 6.07) is 17.3. The number of nitrogens with zero attached hydrogens (tertiary/aromatic N) is 2. The molecule has 0 aliphatic carbocycles. The van der Waals surface area contributed by atoms with E-state index >= 15 is 0 Å². The first-order chi connectivity index (χ1) is 13.5. The zero-order chi connectivity index (χ0) is 20.0. The number of oxime groups is 1. The van der Waals surface area contributed by atoms with E-state index in [1.807, 2.05) is 12.1 Å². The average Bonchev–Trinajstić information content (AvgIpc) is 2.70. The number of benzene rings is 2. The number of aromatic nitrogens is 1. The predicted octanol–water partition coefficient (Wildman–Crippen LogP) is 4.95. The second-order valence-electron chi connectivity index (χ2n) is 5.94. The van der Waals surface area contributed by atoms with Crippen LogP contribution in [0.15, 0.2) is 78.1 Å². The Morgan fingerprint density at radius 2 is 1.79 bits per heavy atom. The molecule has 0 spiro atoms. The summed E-state index contributed by atoms with van der Waals surface area (Å²) in [6.07, 6.45) is -2.40. The van der Waals surface area contributed by atoms with Gasteiger partial charge in [-0.1, -0.05) is 41.6 Å². The normalized spacial score (nSPS) is 12.0. The van der Waals surface area contributed by atoms with E-state index in [4.69, 9.17) is 4.74 Å². The van der Waals surface area contributed by atoms with Crippen molar-refractivity contribution in [2.24, 2.45) is 5.16 Å². The molecule has 1 N–H and O–H groups in total. The Kier molecular flexibility index (Phi) is 5.93. The topological polar surface area (TPSA) is 54.7 Å². The van der Waals surface area contributed by atoms with E-state index in [9.17, 15) is 18.4 Å². The molecule has 0 bridgehead atoms. The lowest BCUT2D eigenvalue weighted by Crippen LogP contribution is -2.11. The van der Waals surface area contributed by atoms with Crippen LogP contribution in [0.3, 0.4) is 0 Å². The minimum atomic E-state index is -4.42. The van der Waals surface area contributed by atoms with Gasteiger partial charge in [0.25, 0.3) is 0 Å². The summed E-state index contributed by atoms with van der Waals surface area (Å²) in [6.45, 7) is 0.166. The molecule has 4 nitrogen and oxygen atoms in total. The minimum absolute atomic E-state index is 0.146. The highest BCUT2D eigenvalue weighted by molar-refractivity contribution is 6.12. The first-order valence-electron chi connectivity index (χ1n) is 8.51. The van der Waals surface area contributed by atoms with Gasteiger partial charge in [0, 0.05) is 18.2 Å². The fourth-order valence-corrected chi connectivity index (χ4v) is 2.76. The van der Waals surface area contributed by atoms with Crippen molar-refractivity contribution in [1.82, 2.24) is 4.98 Å². The van der Waals surface area contributed by atoms with Crippen LogP contribution in [0.4, 0.5) is 13.2 Å². The van der Waals surface area contributed by atoms with E-state index in [2.05, 4.69) is 10.1 Å². The molecule has 3 rings (SSSR count). The van der Waals surface area contributed by atoms with Gasteiger partial charge in [0.2, 0.25) is 0 Å². The highest BCUT2D eigenvalue weighted by Crippen LogP contribution is 2.31. The molecule has 144 valence electrons. The fraction of sp³-hybridized carbons (Fsp3) is 0.143. The number of rotatable bonds is 6. The first kappa shape index (κ1) is 19.4. The molecule has 2 aromatic carbocycles. The van der Waals surface area contributed by atoms with Crippen molar-refractivity contribution in [2.45, 2.75) is 12.6 Å². The Hall–Kier alpha value is -3.35. The number of hydrogen-bond acceptors (Lipinski definition) is 4. The molecule has 0 saturated heterocycles. The lowest BCUT2D eigenvalue weighted by atomic mass is 9.98. The van der Waals surface area contributed by atoms with E-state index in [1.54, 1.807) is 36.5 Å². The molecule has 0 aliphatic heterocycles. The van der Waals surface area contributed by atoms with Gasteiger partial charge >= 0.3 is 6.18 Å². The molecular formula is C21H17F3N2O2. The summed E-state index contributed by atoms with van der Waals surface area (Å²) in [5, 5.41) is 12.9. The third-order valence-electron chi connectivity index (χ3n) is 4.08. The van der Waals surface area contributed by atoms with Gasteiger partial charge in [0.1, 0.15) is 11.5 Å². The third-order valence-corrected chi connectivity index (χ3v) is 4.08. The minimum Gasteiger partial charge on any atom is -0.493 e. The second kappa shape index (κ2) is 8.56. The number of ether oxygens (including phenoxy) is 1. The van der Waals surface area contributed by atoms with Crippen molar-refractivity contribution in [1.29, 1.82) is 0 Å². The quantitative estimate of drug-likeness (QED) is 0.371. The number of alkyl halides is 3. The van der Waals surface area contributed by atoms with Crippen LogP contribution >= 0.6 is 0 Å². The molecule has 0 atom stereocenters. The monoisotopic (exact) mass is 386 g/mol. The van der Waals surface area contributed by atoms with Gasteiger partial charge in [-0.2, -0.15) is 13.2 Å². The predicted molar refractivity (Wildman–Crippen MR) is 98.7 cm³/mol. The lowest BCUT2D eigenvalue weighted by Gasteiger charge is -2.13. The number of halogens is 3. The summed E-state index contributed by atoms with van der Waals surface area (Å²) >= 11 is 0. The van der Waals surface area contributed by atoms with E-state index in [0.29, 0.717) is 23.4 Å². The van der Waals surface area contributed by atoms with E-state index in [-0.39, 0.29) is 12.4 Å². The summed E-state index contributed by atoms with van der Waals surface area (Å²) in [5.41, 5.74) is 1.58. The van der Waals surface area contributed by atoms with Crippen LogP contribution in [-0.4, -0.2) is 22.5 Å². The van der Waals surface area contributed by atoms with Crippen molar-refractivity contribution < 1.29 is 23.1 Å². The van der Waals surface area contributed by atoms with Gasteiger partial charge in [0.15, 0.2) is 0 Å². The molecule has 0 fully saturated rings. The molecule has 1 aromatic heterocycles. The summed E-state index contributed by atoms with van der Waals surface area (Å²) in [5.74, 6) is 0.146. The van der Waals surface area contributed by atoms with Crippen molar-refractivity contribution in [3.05, 3.63) is 95.3 Å². The van der Waals surface area contributed by atoms with Crippen LogP contribution in [0.2, 0.25) is 0 Å². The molecule has 3 aromatic rings. The van der Waals surface area contributed by atoms with Gasteiger partial charge in [0.05, 0.1) is 17.9 Å². The molecule has 0 saturated carbocycles. The maximum atomic E-state index is 12.8. The third kappa shape index (κ3) is 4.68. The fourth-order valence-electron chi connectivity index (χ4n) is 2.76. The molecule has 0 radical (unpaired) electrons. The summed E-state index contributed by atoms with van der Waals surface area (Å²) in [7, 11) is 0. The Morgan fingerprint density at radius 1 is 1.00 bits per heavy atom. The van der Waals surface area contributed by atoms with Crippen LogP contribution < -0.4 is 4.74 Å². The van der Waals surface area contributed by atoms with E-state index in [0.717, 1.165) is 17.7 Å². The van der Waals surface area contributed by atoms with Gasteiger partial charge in [-0.05, 0) is 35.9 Å². The zero-order valence-corrected chi connectivity index (χ0v) is 14.7. The van der Waals surface area contributed by atoms with Gasteiger partial charge in [-0.25, -0.2) is 0 Å². The largest absolute Gasteiger partial charge is 0.493 e. The van der Waals surface area contributed by atoms with Crippen LogP contribution in [0.1, 0.15) is 22.4 Å². The average molecular weight is 386 g/mol. The summed E-state index contributed by atoms with van der Waals surface area (Å²) in [4.78, 5) is 4.20. The Balaban J connectivity index is 1.74. The standard InChI is InChI=1S/C21H17F3N2O2/c22-21(23,24)16-7-5-8-17(14-16)28-13-11-15-6-1-2-9-18(15)20(26-27)19-10-3-4-12-25-19/h1-10,12,14,27H,11,13H2. The molecule has 28 heavy (non-hydrogen) atoms. The lowest BCUT2D eigenvalue weighted by molar-refractivity contribution is -0.137. The Morgan fingerprint density at radius 3 is 2.50 bits per heavy atom. The van der Waals surface area contributed by atoms with Crippen LogP contribution in [0.25, 0.3) is 0 Å². The van der Waals surface area contributed by atoms with Gasteiger partial charge in [-0.3, -0.25) is 4.98 Å². The smallest absolute Gasteiger partial charge is 0.416 e. The van der Waals surface area contributed by atoms with Crippen LogP contribution in [0, 0.1) is 0 Å². The van der Waals surface area contributed by atoms with Crippen molar-refractivity contribution >= 4 is 5.71 Å². The Bertz CT molecular complexity index is 957. The molecule has 0 unspecified atom stereocenters. The number of pyridine rings is 1. The van der Waals surface area contributed by atoms with E-state index < -0.39 is 11.7 Å². The highest BCUT2D eigenvalue weighted by Gasteiger charge is 2.30. The van der Waals surface area contributed by atoms with E-state index in [1.165, 1.54) is 12.1 Å². The number of hydrogen-bond donors (Lipinski definition) is 1. The molecular weight excluding hydrogens is 369 g/mol. The van der Waals surface area contributed by atoms with Gasteiger partial charge < -0.3 is 9.94 Å². The van der Waals surface area contributed by atoms with Crippen molar-refractivity contribution in [3.8, 4) is 5.75 Å². The van der Waals surface area contributed by atoms with Crippen molar-refractivity contribution in [2.75, 3.05) is 6.61 Å².